The van der Waals surface area contributed by atoms with Crippen LogP contribution in [0.4, 0.5) is 4.39 Å². The summed E-state index contributed by atoms with van der Waals surface area (Å²) < 4.78 is 13.1. The lowest BCUT2D eigenvalue weighted by molar-refractivity contribution is 0.620. The summed E-state index contributed by atoms with van der Waals surface area (Å²) in [5.74, 6) is -0.0999. The van der Waals surface area contributed by atoms with Gasteiger partial charge in [-0.1, -0.05) is 13.8 Å². The summed E-state index contributed by atoms with van der Waals surface area (Å²) in [5, 5.41) is 8.63. The van der Waals surface area contributed by atoms with Crippen LogP contribution in [0.2, 0.25) is 0 Å². The third-order valence-electron chi connectivity index (χ3n) is 2.10. The molecule has 0 atom stereocenters. The molecule has 0 aromatic heterocycles. The first-order valence-corrected chi connectivity index (χ1v) is 4.26. The van der Waals surface area contributed by atoms with E-state index in [2.05, 4.69) is 0 Å². The Morgan fingerprint density at radius 3 is 2.46 bits per heavy atom. The summed E-state index contributed by atoms with van der Waals surface area (Å²) in [7, 11) is 0. The van der Waals surface area contributed by atoms with Crippen LogP contribution in [-0.4, -0.2) is 0 Å². The third-order valence-corrected chi connectivity index (χ3v) is 2.10. The van der Waals surface area contributed by atoms with E-state index in [0.29, 0.717) is 5.92 Å². The maximum absolute atomic E-state index is 13.1. The van der Waals surface area contributed by atoms with Gasteiger partial charge in [0.05, 0.1) is 5.56 Å². The molecule has 1 nitrogen and oxygen atoms in total. The number of hydrogen-bond donors (Lipinski definition) is 0. The number of rotatable bonds is 1. The average molecular weight is 177 g/mol. The van der Waals surface area contributed by atoms with Gasteiger partial charge in [0, 0.05) is 0 Å². The van der Waals surface area contributed by atoms with Gasteiger partial charge in [0.2, 0.25) is 0 Å². The molecule has 0 saturated heterocycles. The third kappa shape index (κ3) is 1.86. The highest BCUT2D eigenvalue weighted by atomic mass is 19.1. The smallest absolute Gasteiger partial charge is 0.141 e. The number of aryl methyl sites for hydroxylation is 1. The molecule has 0 saturated carbocycles. The van der Waals surface area contributed by atoms with Gasteiger partial charge in [-0.2, -0.15) is 5.26 Å². The standard InChI is InChI=1S/C11H12FN/c1-7(2)10-5-9(6-13)11(12)4-8(10)3/h4-5,7H,1-3H3. The molecule has 0 aliphatic carbocycles. The van der Waals surface area contributed by atoms with Gasteiger partial charge >= 0.3 is 0 Å². The quantitative estimate of drug-likeness (QED) is 0.646. The lowest BCUT2D eigenvalue weighted by Crippen LogP contribution is -1.95. The van der Waals surface area contributed by atoms with Crippen molar-refractivity contribution in [1.29, 1.82) is 5.26 Å². The molecule has 0 radical (unpaired) electrons. The van der Waals surface area contributed by atoms with E-state index in [4.69, 9.17) is 5.26 Å². The number of nitrogens with zero attached hydrogens (tertiary/aromatic N) is 1. The molecular formula is C11H12FN. The summed E-state index contributed by atoms with van der Waals surface area (Å²) in [6.45, 7) is 5.92. The largest absolute Gasteiger partial charge is 0.206 e. The molecule has 0 unspecified atom stereocenters. The molecule has 0 fully saturated rings. The second-order valence-corrected chi connectivity index (χ2v) is 3.46. The molecule has 0 aliphatic rings. The highest BCUT2D eigenvalue weighted by molar-refractivity contribution is 5.40. The van der Waals surface area contributed by atoms with Gasteiger partial charge in [-0.25, -0.2) is 4.39 Å². The molecule has 0 bridgehead atoms. The molecule has 68 valence electrons. The van der Waals surface area contributed by atoms with Crippen LogP contribution in [0.5, 0.6) is 0 Å². The Balaban J connectivity index is 3.33. The van der Waals surface area contributed by atoms with E-state index in [1.54, 1.807) is 6.07 Å². The Hall–Kier alpha value is -1.36. The molecule has 0 N–H and O–H groups in total. The van der Waals surface area contributed by atoms with E-state index < -0.39 is 5.82 Å². The van der Waals surface area contributed by atoms with Crippen molar-refractivity contribution in [2.24, 2.45) is 0 Å². The molecule has 1 aromatic carbocycles. The average Bonchev–Trinajstić information content (AvgIpc) is 2.03. The van der Waals surface area contributed by atoms with Crippen molar-refractivity contribution >= 4 is 0 Å². The van der Waals surface area contributed by atoms with E-state index in [1.165, 1.54) is 6.07 Å². The minimum atomic E-state index is -0.426. The summed E-state index contributed by atoms with van der Waals surface area (Å²) in [6, 6.07) is 4.90. The summed E-state index contributed by atoms with van der Waals surface area (Å²) in [6.07, 6.45) is 0. The Labute approximate surface area is 77.8 Å². The predicted octanol–water partition coefficient (Wildman–Crippen LogP) is 3.13. The van der Waals surface area contributed by atoms with Crippen molar-refractivity contribution in [2.45, 2.75) is 26.7 Å². The van der Waals surface area contributed by atoms with Gasteiger partial charge in [0.15, 0.2) is 0 Å². The van der Waals surface area contributed by atoms with E-state index >= 15 is 0 Å². The number of benzene rings is 1. The number of halogens is 1. The zero-order valence-corrected chi connectivity index (χ0v) is 8.06. The zero-order valence-electron chi connectivity index (χ0n) is 8.06. The van der Waals surface area contributed by atoms with Gasteiger partial charge in [-0.3, -0.25) is 0 Å². The fourth-order valence-electron chi connectivity index (χ4n) is 1.40. The van der Waals surface area contributed by atoms with E-state index in [9.17, 15) is 4.39 Å². The maximum Gasteiger partial charge on any atom is 0.141 e. The first kappa shape index (κ1) is 9.73. The van der Waals surface area contributed by atoms with Gasteiger partial charge in [-0.15, -0.1) is 0 Å². The number of hydrogen-bond acceptors (Lipinski definition) is 1. The monoisotopic (exact) mass is 177 g/mol. The Kier molecular flexibility index (Phi) is 2.67. The number of nitriles is 1. The Morgan fingerprint density at radius 2 is 2.00 bits per heavy atom. The van der Waals surface area contributed by atoms with E-state index in [0.717, 1.165) is 11.1 Å². The van der Waals surface area contributed by atoms with Gasteiger partial charge in [0.25, 0.3) is 0 Å². The van der Waals surface area contributed by atoms with Crippen LogP contribution >= 0.6 is 0 Å². The van der Waals surface area contributed by atoms with Crippen molar-refractivity contribution in [3.63, 3.8) is 0 Å². The van der Waals surface area contributed by atoms with Crippen molar-refractivity contribution in [3.05, 3.63) is 34.6 Å². The topological polar surface area (TPSA) is 23.8 Å². The van der Waals surface area contributed by atoms with Crippen LogP contribution in [0.1, 0.15) is 36.5 Å². The normalized spacial score (nSPS) is 10.2. The van der Waals surface area contributed by atoms with Crippen LogP contribution in [0, 0.1) is 24.1 Å². The second-order valence-electron chi connectivity index (χ2n) is 3.46. The van der Waals surface area contributed by atoms with Gasteiger partial charge in [0.1, 0.15) is 11.9 Å². The molecule has 2 heteroatoms. The molecule has 1 aromatic rings. The minimum Gasteiger partial charge on any atom is -0.206 e. The van der Waals surface area contributed by atoms with E-state index in [1.807, 2.05) is 26.8 Å². The summed E-state index contributed by atoms with van der Waals surface area (Å²) in [4.78, 5) is 0. The lowest BCUT2D eigenvalue weighted by Gasteiger charge is -2.09. The van der Waals surface area contributed by atoms with Crippen molar-refractivity contribution in [3.8, 4) is 6.07 Å². The molecule has 1 rings (SSSR count). The maximum atomic E-state index is 13.1. The SMILES string of the molecule is Cc1cc(F)c(C#N)cc1C(C)C. The van der Waals surface area contributed by atoms with Crippen molar-refractivity contribution < 1.29 is 4.39 Å². The molecule has 0 amide bonds. The van der Waals surface area contributed by atoms with Gasteiger partial charge < -0.3 is 0 Å². The highest BCUT2D eigenvalue weighted by Gasteiger charge is 2.08. The summed E-state index contributed by atoms with van der Waals surface area (Å²) in [5.41, 5.74) is 2.08. The van der Waals surface area contributed by atoms with Crippen LogP contribution in [0.25, 0.3) is 0 Å². The van der Waals surface area contributed by atoms with Crippen LogP contribution < -0.4 is 0 Å². The molecule has 0 aliphatic heterocycles. The Bertz CT molecular complexity index is 361. The van der Waals surface area contributed by atoms with Crippen molar-refractivity contribution in [1.82, 2.24) is 0 Å². The van der Waals surface area contributed by atoms with Crippen LogP contribution in [0.3, 0.4) is 0 Å². The first-order chi connectivity index (χ1) is 6.06. The predicted molar refractivity (Wildman–Crippen MR) is 49.9 cm³/mol. The fourth-order valence-corrected chi connectivity index (χ4v) is 1.40. The fraction of sp³-hybridized carbons (Fsp3) is 0.364. The molecule has 0 spiro atoms. The molecule has 13 heavy (non-hydrogen) atoms. The first-order valence-electron chi connectivity index (χ1n) is 4.26. The van der Waals surface area contributed by atoms with Crippen molar-refractivity contribution in [2.75, 3.05) is 0 Å². The van der Waals surface area contributed by atoms with Gasteiger partial charge in [-0.05, 0) is 36.1 Å². The van der Waals surface area contributed by atoms with Crippen LogP contribution in [0.15, 0.2) is 12.1 Å². The molecular weight excluding hydrogens is 165 g/mol. The summed E-state index contributed by atoms with van der Waals surface area (Å²) >= 11 is 0. The minimum absolute atomic E-state index is 0.134. The Morgan fingerprint density at radius 1 is 1.38 bits per heavy atom. The van der Waals surface area contributed by atoms with E-state index in [-0.39, 0.29) is 5.56 Å². The zero-order chi connectivity index (χ0) is 10.0. The molecule has 0 heterocycles. The second kappa shape index (κ2) is 3.57. The van der Waals surface area contributed by atoms with Crippen LogP contribution in [-0.2, 0) is 0 Å². The highest BCUT2D eigenvalue weighted by Crippen LogP contribution is 2.22. The lowest BCUT2D eigenvalue weighted by atomic mass is 9.96.